The summed E-state index contributed by atoms with van der Waals surface area (Å²) in [5.41, 5.74) is -0.296. The zero-order valence-electron chi connectivity index (χ0n) is 15.3. The van der Waals surface area contributed by atoms with Crippen LogP contribution in [0.1, 0.15) is 47.5 Å². The summed E-state index contributed by atoms with van der Waals surface area (Å²) >= 11 is 0. The molecular weight excluding hydrogens is 304 g/mol. The van der Waals surface area contributed by atoms with Crippen LogP contribution in [0.15, 0.2) is 12.2 Å². The van der Waals surface area contributed by atoms with E-state index in [9.17, 15) is 14.4 Å². The molecule has 24 heavy (non-hydrogen) atoms. The smallest absolute Gasteiger partial charge is 0.240 e. The molecule has 0 aromatic rings. The number of nitrogens with zero attached hydrogens (tertiary/aromatic N) is 1. The van der Waals surface area contributed by atoms with Crippen LogP contribution in [0.25, 0.3) is 0 Å². The molecule has 2 aliphatic carbocycles. The molecular formula is C19H28N2O3. The predicted octanol–water partition coefficient (Wildman–Crippen LogP) is 2.12. The Balaban J connectivity index is 1.64. The van der Waals surface area contributed by atoms with E-state index in [1.807, 2.05) is 13.8 Å². The predicted molar refractivity (Wildman–Crippen MR) is 90.7 cm³/mol. The van der Waals surface area contributed by atoms with Crippen molar-refractivity contribution >= 4 is 17.7 Å². The number of likely N-dealkylation sites (tertiary alicyclic amines) is 1. The molecule has 2 bridgehead atoms. The van der Waals surface area contributed by atoms with Crippen molar-refractivity contribution in [1.29, 1.82) is 0 Å². The normalized spacial score (nSPS) is 31.8. The minimum Gasteiger partial charge on any atom is -0.350 e. The molecule has 3 rings (SSSR count). The molecule has 3 amide bonds. The Bertz CT molecular complexity index is 585. The van der Waals surface area contributed by atoms with Gasteiger partial charge in [-0.15, -0.1) is 0 Å². The number of hydrogen-bond donors (Lipinski definition) is 1. The highest BCUT2D eigenvalue weighted by Crippen LogP contribution is 2.52. The van der Waals surface area contributed by atoms with Gasteiger partial charge in [0.05, 0.1) is 11.8 Å². The van der Waals surface area contributed by atoms with E-state index in [1.165, 1.54) is 4.90 Å². The standard InChI is InChI=1S/C19H28N2O3/c1-18(2,3)10-19(4,5)20-13(22)9-21-16(23)14-11-6-7-12(8-11)15(14)17(21)24/h6-7,11-12,14-15H,8-10H2,1-5H3,(H,20,22)/t11-,12-,14-,15+/m0/s1. The second kappa shape index (κ2) is 5.43. The first-order valence-electron chi connectivity index (χ1n) is 8.83. The number of imide groups is 1. The lowest BCUT2D eigenvalue weighted by Crippen LogP contribution is -2.50. The SMILES string of the molecule is CC(C)(C)CC(C)(C)NC(=O)CN1C(=O)[C@@H]2[C@H](C1=O)[C@H]1C=C[C@H]2C1. The highest BCUT2D eigenvalue weighted by atomic mass is 16.2. The number of nitrogens with one attached hydrogen (secondary N) is 1. The van der Waals surface area contributed by atoms with Gasteiger partial charge in [0.25, 0.3) is 0 Å². The van der Waals surface area contributed by atoms with Gasteiger partial charge in [0, 0.05) is 5.54 Å². The van der Waals surface area contributed by atoms with Crippen LogP contribution in [0.4, 0.5) is 0 Å². The Hall–Kier alpha value is -1.65. The van der Waals surface area contributed by atoms with Gasteiger partial charge in [0.2, 0.25) is 17.7 Å². The lowest BCUT2D eigenvalue weighted by atomic mass is 9.82. The van der Waals surface area contributed by atoms with E-state index >= 15 is 0 Å². The van der Waals surface area contributed by atoms with Crippen LogP contribution >= 0.6 is 0 Å². The summed E-state index contributed by atoms with van der Waals surface area (Å²) in [6.45, 7) is 10.2. The Morgan fingerprint density at radius 1 is 1.08 bits per heavy atom. The van der Waals surface area contributed by atoms with Gasteiger partial charge in [0.15, 0.2) is 0 Å². The molecule has 1 saturated carbocycles. The number of amides is 3. The maximum Gasteiger partial charge on any atom is 0.240 e. The molecule has 132 valence electrons. The average Bonchev–Trinajstić information content (AvgIpc) is 3.04. The minimum atomic E-state index is -0.377. The van der Waals surface area contributed by atoms with E-state index in [2.05, 4.69) is 38.2 Å². The van der Waals surface area contributed by atoms with Gasteiger partial charge in [-0.3, -0.25) is 19.3 Å². The second-order valence-electron chi connectivity index (χ2n) is 9.43. The van der Waals surface area contributed by atoms with Gasteiger partial charge in [-0.25, -0.2) is 0 Å². The van der Waals surface area contributed by atoms with Crippen molar-refractivity contribution in [2.45, 2.75) is 53.0 Å². The number of hydrogen-bond acceptors (Lipinski definition) is 3. The molecule has 0 spiro atoms. The molecule has 0 radical (unpaired) electrons. The fourth-order valence-corrected chi connectivity index (χ4v) is 5.05. The monoisotopic (exact) mass is 332 g/mol. The third-order valence-corrected chi connectivity index (χ3v) is 5.31. The largest absolute Gasteiger partial charge is 0.350 e. The van der Waals surface area contributed by atoms with Gasteiger partial charge in [-0.2, -0.15) is 0 Å². The molecule has 0 unspecified atom stereocenters. The number of carbonyl (C=O) groups is 3. The molecule has 0 aromatic heterocycles. The van der Waals surface area contributed by atoms with Gasteiger partial charge in [-0.1, -0.05) is 32.9 Å². The topological polar surface area (TPSA) is 66.5 Å². The van der Waals surface area contributed by atoms with E-state index in [-0.39, 0.29) is 58.9 Å². The van der Waals surface area contributed by atoms with Gasteiger partial charge < -0.3 is 5.32 Å². The molecule has 0 aromatic carbocycles. The molecule has 1 aliphatic heterocycles. The molecule has 2 fully saturated rings. The summed E-state index contributed by atoms with van der Waals surface area (Å²) in [7, 11) is 0. The van der Waals surface area contributed by atoms with E-state index in [0.717, 1.165) is 12.8 Å². The summed E-state index contributed by atoms with van der Waals surface area (Å²) < 4.78 is 0. The summed E-state index contributed by atoms with van der Waals surface area (Å²) in [4.78, 5) is 38.8. The zero-order valence-corrected chi connectivity index (χ0v) is 15.3. The third-order valence-electron chi connectivity index (χ3n) is 5.31. The molecule has 5 nitrogen and oxygen atoms in total. The third kappa shape index (κ3) is 3.01. The van der Waals surface area contributed by atoms with Crippen LogP contribution in [0.3, 0.4) is 0 Å². The van der Waals surface area contributed by atoms with Gasteiger partial charge in [0.1, 0.15) is 6.54 Å². The van der Waals surface area contributed by atoms with E-state index in [0.29, 0.717) is 0 Å². The molecule has 3 aliphatic rings. The maximum absolute atomic E-state index is 12.6. The quantitative estimate of drug-likeness (QED) is 0.633. The summed E-state index contributed by atoms with van der Waals surface area (Å²) in [6, 6.07) is 0. The molecule has 1 N–H and O–H groups in total. The van der Waals surface area contributed by atoms with Crippen molar-refractivity contribution < 1.29 is 14.4 Å². The number of fused-ring (bicyclic) bond motifs is 5. The van der Waals surface area contributed by atoms with E-state index in [4.69, 9.17) is 0 Å². The lowest BCUT2D eigenvalue weighted by molar-refractivity contribution is -0.144. The van der Waals surface area contributed by atoms with Crippen molar-refractivity contribution in [3.8, 4) is 0 Å². The van der Waals surface area contributed by atoms with Crippen LogP contribution in [0.5, 0.6) is 0 Å². The maximum atomic E-state index is 12.6. The average molecular weight is 332 g/mol. The molecule has 5 heteroatoms. The summed E-state index contributed by atoms with van der Waals surface area (Å²) in [6.07, 6.45) is 5.85. The van der Waals surface area contributed by atoms with Crippen molar-refractivity contribution in [1.82, 2.24) is 10.2 Å². The Morgan fingerprint density at radius 2 is 1.58 bits per heavy atom. The number of allylic oxidation sites excluding steroid dienone is 2. The molecule has 1 saturated heterocycles. The van der Waals surface area contributed by atoms with Crippen LogP contribution in [-0.4, -0.2) is 34.7 Å². The lowest BCUT2D eigenvalue weighted by Gasteiger charge is -2.33. The fourth-order valence-electron chi connectivity index (χ4n) is 5.05. The Morgan fingerprint density at radius 3 is 2.04 bits per heavy atom. The Labute approximate surface area is 143 Å². The first kappa shape index (κ1) is 17.2. The van der Waals surface area contributed by atoms with E-state index in [1.54, 1.807) is 0 Å². The number of carbonyl (C=O) groups excluding carboxylic acids is 3. The summed E-state index contributed by atoms with van der Waals surface area (Å²) in [5, 5.41) is 2.98. The highest BCUT2D eigenvalue weighted by molar-refractivity contribution is 6.08. The van der Waals surface area contributed by atoms with Crippen molar-refractivity contribution in [2.75, 3.05) is 6.54 Å². The Kier molecular flexibility index (Phi) is 3.89. The van der Waals surface area contributed by atoms with Gasteiger partial charge >= 0.3 is 0 Å². The van der Waals surface area contributed by atoms with Crippen molar-refractivity contribution in [3.05, 3.63) is 12.2 Å². The first-order valence-corrected chi connectivity index (χ1v) is 8.83. The van der Waals surface area contributed by atoms with Crippen LogP contribution < -0.4 is 5.32 Å². The molecule has 4 atom stereocenters. The van der Waals surface area contributed by atoms with Crippen LogP contribution in [0.2, 0.25) is 0 Å². The fraction of sp³-hybridized carbons (Fsp3) is 0.737. The highest BCUT2D eigenvalue weighted by Gasteiger charge is 2.59. The first-order chi connectivity index (χ1) is 11.0. The zero-order chi connectivity index (χ0) is 17.9. The minimum absolute atomic E-state index is 0.0813. The van der Waals surface area contributed by atoms with Crippen molar-refractivity contribution in [2.24, 2.45) is 29.1 Å². The van der Waals surface area contributed by atoms with Crippen LogP contribution in [0, 0.1) is 29.1 Å². The second-order valence-corrected chi connectivity index (χ2v) is 9.43. The summed E-state index contributed by atoms with van der Waals surface area (Å²) in [5.74, 6) is -0.683. The van der Waals surface area contributed by atoms with Gasteiger partial charge in [-0.05, 0) is 43.9 Å². The van der Waals surface area contributed by atoms with Crippen molar-refractivity contribution in [3.63, 3.8) is 0 Å². The van der Waals surface area contributed by atoms with Crippen LogP contribution in [-0.2, 0) is 14.4 Å². The van der Waals surface area contributed by atoms with E-state index < -0.39 is 0 Å². The number of rotatable bonds is 4. The molecule has 1 heterocycles.